The molecule has 0 aliphatic carbocycles. The molecule has 0 saturated heterocycles. The van der Waals surface area contributed by atoms with E-state index in [0.29, 0.717) is 5.69 Å². The van der Waals surface area contributed by atoms with Crippen molar-refractivity contribution in [1.29, 1.82) is 0 Å². The van der Waals surface area contributed by atoms with E-state index in [1.807, 2.05) is 6.92 Å². The van der Waals surface area contributed by atoms with Crippen molar-refractivity contribution in [3.8, 4) is 0 Å². The van der Waals surface area contributed by atoms with E-state index in [2.05, 4.69) is 10.3 Å². The van der Waals surface area contributed by atoms with Gasteiger partial charge in [-0.15, -0.1) is 0 Å². The summed E-state index contributed by atoms with van der Waals surface area (Å²) in [5.74, 6) is 0.285. The largest absolute Gasteiger partial charge is 0.444 e. The highest BCUT2D eigenvalue weighted by Gasteiger charge is 2.21. The minimum absolute atomic E-state index is 0.163. The molecule has 5 N–H and O–H groups in total. The molecule has 2 unspecified atom stereocenters. The number of aryl methyl sites for hydroxylation is 1. The molecule has 1 aromatic rings. The number of aromatic nitrogens is 1. The number of hydrogen-bond acceptors (Lipinski definition) is 6. The van der Waals surface area contributed by atoms with Gasteiger partial charge in [0.1, 0.15) is 17.5 Å². The molecule has 1 aromatic heterocycles. The summed E-state index contributed by atoms with van der Waals surface area (Å²) in [5.41, 5.74) is 6.20. The standard InChI is InChI=1S/C15H25N3O4/c1-9-7-10(18-12(16)8-9)13(20)11(19)5-6-17-14(21)22-15(2,3)4/h7-8,11,13,19-20H,5-6H2,1-4H3,(H2,16,18)(H,17,21). The van der Waals surface area contributed by atoms with Crippen molar-refractivity contribution in [2.24, 2.45) is 0 Å². The van der Waals surface area contributed by atoms with Crippen LogP contribution in [0.3, 0.4) is 0 Å². The van der Waals surface area contributed by atoms with Crippen LogP contribution < -0.4 is 11.1 Å². The SMILES string of the molecule is Cc1cc(N)nc(C(O)C(O)CCNC(=O)OC(C)(C)C)c1. The second-order valence-electron chi connectivity index (χ2n) is 6.22. The zero-order chi connectivity index (χ0) is 16.9. The molecule has 1 rings (SSSR count). The monoisotopic (exact) mass is 311 g/mol. The Bertz CT molecular complexity index is 494. The van der Waals surface area contributed by atoms with Crippen LogP contribution in [0.2, 0.25) is 0 Å². The van der Waals surface area contributed by atoms with Crippen molar-refractivity contribution < 1.29 is 19.7 Å². The first-order chi connectivity index (χ1) is 10.1. The van der Waals surface area contributed by atoms with E-state index in [1.54, 1.807) is 32.9 Å². The van der Waals surface area contributed by atoms with Crippen molar-refractivity contribution >= 4 is 11.9 Å². The number of anilines is 1. The molecule has 0 radical (unpaired) electrons. The average Bonchev–Trinajstić information content (AvgIpc) is 2.34. The lowest BCUT2D eigenvalue weighted by Crippen LogP contribution is -2.34. The summed E-state index contributed by atoms with van der Waals surface area (Å²) in [6, 6.07) is 3.33. The first kappa shape index (κ1) is 18.2. The Balaban J connectivity index is 2.48. The van der Waals surface area contributed by atoms with Crippen LogP contribution in [0.15, 0.2) is 12.1 Å². The minimum atomic E-state index is -1.16. The fourth-order valence-electron chi connectivity index (χ4n) is 1.86. The number of ether oxygens (including phenoxy) is 1. The number of aliphatic hydroxyl groups is 2. The van der Waals surface area contributed by atoms with E-state index in [-0.39, 0.29) is 18.8 Å². The third kappa shape index (κ3) is 6.28. The van der Waals surface area contributed by atoms with Crippen molar-refractivity contribution in [2.45, 2.75) is 51.9 Å². The maximum atomic E-state index is 11.5. The van der Waals surface area contributed by atoms with Crippen molar-refractivity contribution in [2.75, 3.05) is 12.3 Å². The van der Waals surface area contributed by atoms with Crippen molar-refractivity contribution in [3.63, 3.8) is 0 Å². The van der Waals surface area contributed by atoms with Gasteiger partial charge in [-0.3, -0.25) is 0 Å². The second kappa shape index (κ2) is 7.42. The minimum Gasteiger partial charge on any atom is -0.444 e. The number of amides is 1. The fourth-order valence-corrected chi connectivity index (χ4v) is 1.86. The predicted molar refractivity (Wildman–Crippen MR) is 83.2 cm³/mol. The Hall–Kier alpha value is -1.86. The quantitative estimate of drug-likeness (QED) is 0.650. The van der Waals surface area contributed by atoms with Crippen LogP contribution in [0.25, 0.3) is 0 Å². The maximum absolute atomic E-state index is 11.5. The van der Waals surface area contributed by atoms with Gasteiger partial charge in [0, 0.05) is 6.54 Å². The van der Waals surface area contributed by atoms with E-state index < -0.39 is 23.9 Å². The van der Waals surface area contributed by atoms with Gasteiger partial charge in [-0.05, 0) is 51.8 Å². The summed E-state index contributed by atoms with van der Waals surface area (Å²) in [4.78, 5) is 15.5. The first-order valence-electron chi connectivity index (χ1n) is 7.15. The van der Waals surface area contributed by atoms with E-state index in [9.17, 15) is 15.0 Å². The lowest BCUT2D eigenvalue weighted by Gasteiger charge is -2.21. The molecule has 0 aromatic carbocycles. The van der Waals surface area contributed by atoms with Gasteiger partial charge in [0.2, 0.25) is 0 Å². The summed E-state index contributed by atoms with van der Waals surface area (Å²) in [7, 11) is 0. The average molecular weight is 311 g/mol. The van der Waals surface area contributed by atoms with Gasteiger partial charge in [-0.2, -0.15) is 0 Å². The number of carbonyl (C=O) groups excluding carboxylic acids is 1. The van der Waals surface area contributed by atoms with Crippen molar-refractivity contribution in [1.82, 2.24) is 10.3 Å². The summed E-state index contributed by atoms with van der Waals surface area (Å²) < 4.78 is 5.07. The molecule has 0 aliphatic rings. The van der Waals surface area contributed by atoms with E-state index in [0.717, 1.165) is 5.56 Å². The molecular formula is C15H25N3O4. The van der Waals surface area contributed by atoms with Crippen LogP contribution in [-0.4, -0.2) is 39.5 Å². The Morgan fingerprint density at radius 1 is 1.41 bits per heavy atom. The number of hydrogen-bond donors (Lipinski definition) is 4. The zero-order valence-corrected chi connectivity index (χ0v) is 13.5. The molecule has 0 bridgehead atoms. The van der Waals surface area contributed by atoms with Crippen LogP contribution in [0.4, 0.5) is 10.6 Å². The highest BCUT2D eigenvalue weighted by atomic mass is 16.6. The highest BCUT2D eigenvalue weighted by molar-refractivity contribution is 5.67. The molecule has 1 heterocycles. The van der Waals surface area contributed by atoms with Gasteiger partial charge in [0.15, 0.2) is 0 Å². The molecule has 7 heteroatoms. The number of aliphatic hydroxyl groups excluding tert-OH is 2. The Labute approximate surface area is 130 Å². The molecule has 0 aliphatic heterocycles. The van der Waals surface area contributed by atoms with Crippen LogP contribution >= 0.6 is 0 Å². The summed E-state index contributed by atoms with van der Waals surface area (Å²) in [5, 5.41) is 22.6. The van der Waals surface area contributed by atoms with E-state index in [4.69, 9.17) is 10.5 Å². The maximum Gasteiger partial charge on any atom is 0.407 e. The number of pyridine rings is 1. The number of nitrogens with zero attached hydrogens (tertiary/aromatic N) is 1. The lowest BCUT2D eigenvalue weighted by molar-refractivity contribution is 0.00999. The van der Waals surface area contributed by atoms with Gasteiger partial charge in [-0.25, -0.2) is 9.78 Å². The molecule has 0 fully saturated rings. The number of nitrogens with two attached hydrogens (primary N) is 1. The fraction of sp³-hybridized carbons (Fsp3) is 0.600. The van der Waals surface area contributed by atoms with Gasteiger partial charge < -0.3 is 26.0 Å². The van der Waals surface area contributed by atoms with Gasteiger partial charge in [-0.1, -0.05) is 0 Å². The van der Waals surface area contributed by atoms with Gasteiger partial charge in [0.05, 0.1) is 11.8 Å². The Morgan fingerprint density at radius 2 is 2.05 bits per heavy atom. The van der Waals surface area contributed by atoms with Crippen LogP contribution in [-0.2, 0) is 4.74 Å². The number of nitrogens with one attached hydrogen (secondary N) is 1. The number of rotatable bonds is 5. The number of carbonyl (C=O) groups is 1. The molecule has 0 spiro atoms. The molecule has 124 valence electrons. The van der Waals surface area contributed by atoms with Crippen LogP contribution in [0.5, 0.6) is 0 Å². The van der Waals surface area contributed by atoms with Crippen LogP contribution in [0, 0.1) is 6.92 Å². The Kier molecular flexibility index (Phi) is 6.13. The predicted octanol–water partition coefficient (Wildman–Crippen LogP) is 1.28. The molecule has 2 atom stereocenters. The van der Waals surface area contributed by atoms with E-state index in [1.165, 1.54) is 0 Å². The topological polar surface area (TPSA) is 118 Å². The van der Waals surface area contributed by atoms with Gasteiger partial charge in [0.25, 0.3) is 0 Å². The molecule has 22 heavy (non-hydrogen) atoms. The zero-order valence-electron chi connectivity index (χ0n) is 13.5. The summed E-state index contributed by atoms with van der Waals surface area (Å²) in [6.45, 7) is 7.29. The smallest absolute Gasteiger partial charge is 0.407 e. The molecule has 1 amide bonds. The van der Waals surface area contributed by atoms with Crippen molar-refractivity contribution in [3.05, 3.63) is 23.4 Å². The third-order valence-electron chi connectivity index (χ3n) is 2.79. The number of nitrogen functional groups attached to an aromatic ring is 1. The highest BCUT2D eigenvalue weighted by Crippen LogP contribution is 2.19. The third-order valence-corrected chi connectivity index (χ3v) is 2.79. The number of alkyl carbamates (subject to hydrolysis) is 1. The lowest BCUT2D eigenvalue weighted by atomic mass is 10.1. The summed E-state index contributed by atoms with van der Waals surface area (Å²) >= 11 is 0. The normalized spacial score (nSPS) is 14.3. The van der Waals surface area contributed by atoms with Crippen LogP contribution in [0.1, 0.15) is 44.6 Å². The molecule has 0 saturated carbocycles. The molecule has 7 nitrogen and oxygen atoms in total. The second-order valence-corrected chi connectivity index (χ2v) is 6.22. The Morgan fingerprint density at radius 3 is 2.59 bits per heavy atom. The summed E-state index contributed by atoms with van der Waals surface area (Å²) in [6.07, 6.45) is -2.63. The molecular weight excluding hydrogens is 286 g/mol. The van der Waals surface area contributed by atoms with E-state index >= 15 is 0 Å². The van der Waals surface area contributed by atoms with Gasteiger partial charge >= 0.3 is 6.09 Å². The first-order valence-corrected chi connectivity index (χ1v) is 7.15.